The Hall–Kier alpha value is -0.640. The van der Waals surface area contributed by atoms with Gasteiger partial charge in [0.25, 0.3) is 0 Å². The first-order valence-corrected chi connectivity index (χ1v) is 5.46. The highest BCUT2D eigenvalue weighted by molar-refractivity contribution is 6.30. The molecule has 0 spiro atoms. The Balaban J connectivity index is 2.33. The lowest BCUT2D eigenvalue weighted by molar-refractivity contribution is 0.577. The van der Waals surface area contributed by atoms with Crippen molar-refractivity contribution in [2.24, 2.45) is 5.73 Å². The molecule has 0 amide bonds. The summed E-state index contributed by atoms with van der Waals surface area (Å²) in [6, 6.07) is 4.58. The molecule has 1 aromatic rings. The Kier molecular flexibility index (Phi) is 5.61. The molecular weight excluding hydrogens is 215 g/mol. The van der Waals surface area contributed by atoms with E-state index < -0.39 is 0 Å². The number of halogens is 2. The van der Waals surface area contributed by atoms with Crippen LogP contribution in [0.15, 0.2) is 18.2 Å². The Morgan fingerprint density at radius 2 is 2.13 bits per heavy atom. The molecule has 0 bridgehead atoms. The average molecular weight is 231 g/mol. The summed E-state index contributed by atoms with van der Waals surface area (Å²) in [6.07, 6.45) is 2.00. The maximum atomic E-state index is 13.2. The zero-order valence-electron chi connectivity index (χ0n) is 8.60. The second-order valence-corrected chi connectivity index (χ2v) is 3.84. The second-order valence-electron chi connectivity index (χ2n) is 3.41. The van der Waals surface area contributed by atoms with Gasteiger partial charge in [-0.1, -0.05) is 11.6 Å². The summed E-state index contributed by atoms with van der Waals surface area (Å²) in [7, 11) is 0. The molecule has 0 aliphatic carbocycles. The van der Waals surface area contributed by atoms with Gasteiger partial charge < -0.3 is 11.1 Å². The van der Waals surface area contributed by atoms with E-state index in [4.69, 9.17) is 17.3 Å². The van der Waals surface area contributed by atoms with Gasteiger partial charge in [0.1, 0.15) is 5.82 Å². The van der Waals surface area contributed by atoms with Gasteiger partial charge in [-0.3, -0.25) is 0 Å². The van der Waals surface area contributed by atoms with Gasteiger partial charge >= 0.3 is 0 Å². The van der Waals surface area contributed by atoms with Gasteiger partial charge in [0.15, 0.2) is 0 Å². The van der Waals surface area contributed by atoms with Crippen molar-refractivity contribution in [3.8, 4) is 0 Å². The molecule has 0 aliphatic rings. The Bertz CT molecular complexity index is 305. The predicted molar refractivity (Wildman–Crippen MR) is 61.4 cm³/mol. The number of benzene rings is 1. The van der Waals surface area contributed by atoms with Gasteiger partial charge in [0.2, 0.25) is 0 Å². The third kappa shape index (κ3) is 4.60. The van der Waals surface area contributed by atoms with Crippen LogP contribution in [0.4, 0.5) is 4.39 Å². The molecule has 0 saturated carbocycles. The Labute approximate surface area is 94.6 Å². The molecule has 0 aromatic heterocycles. The van der Waals surface area contributed by atoms with Crippen molar-refractivity contribution in [3.63, 3.8) is 0 Å². The van der Waals surface area contributed by atoms with Crippen LogP contribution in [0.1, 0.15) is 18.4 Å². The van der Waals surface area contributed by atoms with Crippen LogP contribution in [0.5, 0.6) is 0 Å². The fraction of sp³-hybridized carbons (Fsp3) is 0.455. The van der Waals surface area contributed by atoms with Crippen molar-refractivity contribution in [2.75, 3.05) is 13.1 Å². The van der Waals surface area contributed by atoms with E-state index >= 15 is 0 Å². The van der Waals surface area contributed by atoms with Crippen LogP contribution >= 0.6 is 11.6 Å². The van der Waals surface area contributed by atoms with Gasteiger partial charge in [-0.05, 0) is 44.1 Å². The van der Waals surface area contributed by atoms with Crippen molar-refractivity contribution < 1.29 is 4.39 Å². The minimum absolute atomic E-state index is 0.217. The van der Waals surface area contributed by atoms with Gasteiger partial charge in [-0.25, -0.2) is 4.39 Å². The molecule has 2 nitrogen and oxygen atoms in total. The first-order chi connectivity index (χ1) is 7.24. The van der Waals surface area contributed by atoms with E-state index in [1.165, 1.54) is 6.07 Å². The Morgan fingerprint density at radius 3 is 2.87 bits per heavy atom. The largest absolute Gasteiger partial charge is 0.330 e. The quantitative estimate of drug-likeness (QED) is 0.736. The van der Waals surface area contributed by atoms with Crippen LogP contribution in [0.2, 0.25) is 5.02 Å². The number of nitrogens with one attached hydrogen (secondary N) is 1. The fourth-order valence-electron chi connectivity index (χ4n) is 1.30. The molecule has 1 aromatic carbocycles. The molecule has 0 heterocycles. The molecular formula is C11H16ClFN2. The summed E-state index contributed by atoms with van der Waals surface area (Å²) in [6.45, 7) is 2.06. The molecule has 0 unspecified atom stereocenters. The molecule has 15 heavy (non-hydrogen) atoms. The third-order valence-corrected chi connectivity index (χ3v) is 2.37. The summed E-state index contributed by atoms with van der Waals surface area (Å²) >= 11 is 5.77. The average Bonchev–Trinajstić information content (AvgIpc) is 2.23. The lowest BCUT2D eigenvalue weighted by atomic mass is 10.2. The lowest BCUT2D eigenvalue weighted by Gasteiger charge is -2.05. The van der Waals surface area contributed by atoms with Crippen molar-refractivity contribution in [2.45, 2.75) is 19.4 Å². The van der Waals surface area contributed by atoms with Crippen LogP contribution in [-0.2, 0) is 6.54 Å². The molecule has 3 N–H and O–H groups in total. The summed E-state index contributed by atoms with van der Waals surface area (Å²) in [5.41, 5.74) is 5.97. The Morgan fingerprint density at radius 1 is 1.33 bits per heavy atom. The van der Waals surface area contributed by atoms with Gasteiger partial charge in [0, 0.05) is 17.1 Å². The minimum Gasteiger partial charge on any atom is -0.330 e. The maximum absolute atomic E-state index is 13.2. The van der Waals surface area contributed by atoms with E-state index in [0.717, 1.165) is 19.4 Å². The number of hydrogen-bond acceptors (Lipinski definition) is 2. The number of nitrogens with two attached hydrogens (primary N) is 1. The summed E-state index contributed by atoms with van der Waals surface area (Å²) < 4.78 is 13.2. The molecule has 84 valence electrons. The zero-order chi connectivity index (χ0) is 11.1. The molecule has 0 saturated heterocycles. The van der Waals surface area contributed by atoms with Crippen LogP contribution in [0.25, 0.3) is 0 Å². The molecule has 0 fully saturated rings. The molecule has 1 rings (SSSR count). The van der Waals surface area contributed by atoms with Gasteiger partial charge in [-0.2, -0.15) is 0 Å². The normalized spacial score (nSPS) is 10.6. The second kappa shape index (κ2) is 6.77. The van der Waals surface area contributed by atoms with Crippen molar-refractivity contribution in [3.05, 3.63) is 34.6 Å². The van der Waals surface area contributed by atoms with Crippen molar-refractivity contribution in [1.82, 2.24) is 5.32 Å². The fourth-order valence-corrected chi connectivity index (χ4v) is 1.49. The van der Waals surface area contributed by atoms with Crippen molar-refractivity contribution >= 4 is 11.6 Å². The number of rotatable bonds is 6. The predicted octanol–water partition coefficient (Wildman–Crippen LogP) is 2.31. The smallest absolute Gasteiger partial charge is 0.127 e. The molecule has 0 radical (unpaired) electrons. The monoisotopic (exact) mass is 230 g/mol. The summed E-state index contributed by atoms with van der Waals surface area (Å²) in [4.78, 5) is 0. The summed E-state index contributed by atoms with van der Waals surface area (Å²) in [5, 5.41) is 3.72. The van der Waals surface area contributed by atoms with E-state index in [-0.39, 0.29) is 5.82 Å². The highest BCUT2D eigenvalue weighted by Gasteiger charge is 2.01. The number of unbranched alkanes of at least 4 members (excludes halogenated alkanes) is 1. The van der Waals surface area contributed by atoms with E-state index in [1.54, 1.807) is 12.1 Å². The van der Waals surface area contributed by atoms with E-state index in [2.05, 4.69) is 5.32 Å². The SMILES string of the molecule is NCCCCNCc1cc(Cl)ccc1F. The summed E-state index contributed by atoms with van der Waals surface area (Å²) in [5.74, 6) is -0.217. The highest BCUT2D eigenvalue weighted by Crippen LogP contribution is 2.14. The van der Waals surface area contributed by atoms with Gasteiger partial charge in [-0.15, -0.1) is 0 Å². The van der Waals surface area contributed by atoms with Gasteiger partial charge in [0.05, 0.1) is 0 Å². The first kappa shape index (κ1) is 12.4. The van der Waals surface area contributed by atoms with Crippen LogP contribution in [0, 0.1) is 5.82 Å². The molecule has 4 heteroatoms. The topological polar surface area (TPSA) is 38.0 Å². The van der Waals surface area contributed by atoms with E-state index in [1.807, 2.05) is 0 Å². The standard InChI is InChI=1S/C11H16ClFN2/c12-10-3-4-11(13)9(7-10)8-15-6-2-1-5-14/h3-4,7,15H,1-2,5-6,8,14H2. The number of hydrogen-bond donors (Lipinski definition) is 2. The lowest BCUT2D eigenvalue weighted by Crippen LogP contribution is -2.16. The molecule has 0 aliphatic heterocycles. The maximum Gasteiger partial charge on any atom is 0.127 e. The van der Waals surface area contributed by atoms with E-state index in [0.29, 0.717) is 23.7 Å². The van der Waals surface area contributed by atoms with Crippen LogP contribution < -0.4 is 11.1 Å². The van der Waals surface area contributed by atoms with Crippen LogP contribution in [-0.4, -0.2) is 13.1 Å². The van der Waals surface area contributed by atoms with E-state index in [9.17, 15) is 4.39 Å². The third-order valence-electron chi connectivity index (χ3n) is 2.13. The zero-order valence-corrected chi connectivity index (χ0v) is 9.36. The van der Waals surface area contributed by atoms with Crippen LogP contribution in [0.3, 0.4) is 0 Å². The highest BCUT2D eigenvalue weighted by atomic mass is 35.5. The minimum atomic E-state index is -0.217. The first-order valence-electron chi connectivity index (χ1n) is 5.08. The molecule has 0 atom stereocenters. The van der Waals surface area contributed by atoms with Crippen molar-refractivity contribution in [1.29, 1.82) is 0 Å².